The average molecular weight is 330 g/mol. The van der Waals surface area contributed by atoms with Crippen LogP contribution in [-0.2, 0) is 11.4 Å². The summed E-state index contributed by atoms with van der Waals surface area (Å²) < 4.78 is 30.1. The van der Waals surface area contributed by atoms with E-state index in [0.29, 0.717) is 11.1 Å². The van der Waals surface area contributed by atoms with Gasteiger partial charge >= 0.3 is 6.61 Å². The number of oxime groups is 1. The normalized spacial score (nSPS) is 11.2. The van der Waals surface area contributed by atoms with Gasteiger partial charge in [-0.3, -0.25) is 0 Å². The van der Waals surface area contributed by atoms with Crippen molar-refractivity contribution in [3.63, 3.8) is 0 Å². The van der Waals surface area contributed by atoms with Crippen molar-refractivity contribution in [3.05, 3.63) is 64.7 Å². The van der Waals surface area contributed by atoms with E-state index in [9.17, 15) is 8.78 Å². The highest BCUT2D eigenvalue weighted by Gasteiger charge is 2.12. The quantitative estimate of drug-likeness (QED) is 0.584. The highest BCUT2D eigenvalue weighted by atomic mass is 19.3. The minimum Gasteiger partial charge on any atom is -0.489 e. The predicted molar refractivity (Wildman–Crippen MR) is 85.9 cm³/mol. The fourth-order valence-corrected chi connectivity index (χ4v) is 2.12. The maximum atomic E-state index is 12.1. The van der Waals surface area contributed by atoms with Gasteiger partial charge in [0, 0.05) is 5.56 Å². The molecule has 2 rings (SSSR count). The fraction of sp³-hybridized carbons (Fsp3) is 0.222. The molecule has 0 heterocycles. The second-order valence-electron chi connectivity index (χ2n) is 5.13. The van der Waals surface area contributed by atoms with E-state index >= 15 is 0 Å². The van der Waals surface area contributed by atoms with Crippen LogP contribution in [0.5, 0.6) is 5.75 Å². The van der Waals surface area contributed by atoms with Gasteiger partial charge in [0.2, 0.25) is 0 Å². The van der Waals surface area contributed by atoms with E-state index in [4.69, 9.17) is 10.00 Å². The van der Waals surface area contributed by atoms with Crippen molar-refractivity contribution >= 4 is 5.71 Å². The zero-order valence-corrected chi connectivity index (χ0v) is 13.3. The number of rotatable bonds is 6. The molecule has 0 aliphatic carbocycles. The van der Waals surface area contributed by atoms with E-state index in [1.54, 1.807) is 30.3 Å². The van der Waals surface area contributed by atoms with Gasteiger partial charge in [0.1, 0.15) is 18.4 Å². The van der Waals surface area contributed by atoms with Crippen molar-refractivity contribution in [1.29, 1.82) is 5.26 Å². The number of ether oxygens (including phenoxy) is 1. The van der Waals surface area contributed by atoms with Crippen LogP contribution in [-0.4, -0.2) is 12.3 Å². The van der Waals surface area contributed by atoms with Crippen LogP contribution in [0.3, 0.4) is 0 Å². The molecule has 0 spiro atoms. The molecule has 6 heteroatoms. The third-order valence-corrected chi connectivity index (χ3v) is 3.33. The Balaban J connectivity index is 2.24. The van der Waals surface area contributed by atoms with Gasteiger partial charge in [-0.1, -0.05) is 41.6 Å². The molecule has 0 aliphatic heterocycles. The highest BCUT2D eigenvalue weighted by molar-refractivity contribution is 6.12. The number of nitriles is 1. The number of alkyl halides is 2. The molecule has 2 aromatic carbocycles. The first kappa shape index (κ1) is 17.4. The highest BCUT2D eigenvalue weighted by Crippen LogP contribution is 2.21. The fourth-order valence-electron chi connectivity index (χ4n) is 2.12. The van der Waals surface area contributed by atoms with Crippen LogP contribution in [0.25, 0.3) is 0 Å². The Morgan fingerprint density at radius 3 is 2.67 bits per heavy atom. The minimum absolute atomic E-state index is 0.176. The van der Waals surface area contributed by atoms with Crippen LogP contribution >= 0.6 is 0 Å². The standard InChI is InChI=1S/C18H16F2N2O2/c1-12-7-8-13(2)17(9-12)23-11-14-5-3-4-6-15(14)16(10-21)22-24-18(19)20/h3-9,18H,11H2,1-2H3/b22-16+. The zero-order chi connectivity index (χ0) is 17.5. The molecule has 4 nitrogen and oxygen atoms in total. The molecular formula is C18H16F2N2O2. The monoisotopic (exact) mass is 330 g/mol. The molecule has 0 saturated carbocycles. The van der Waals surface area contributed by atoms with Crippen molar-refractivity contribution < 1.29 is 18.4 Å². The van der Waals surface area contributed by atoms with Crippen LogP contribution < -0.4 is 4.74 Å². The van der Waals surface area contributed by atoms with Crippen molar-refractivity contribution in [2.75, 3.05) is 0 Å². The summed E-state index contributed by atoms with van der Waals surface area (Å²) in [5.74, 6) is 0.726. The first-order valence-electron chi connectivity index (χ1n) is 7.21. The summed E-state index contributed by atoms with van der Waals surface area (Å²) in [5.41, 5.74) is 2.86. The lowest BCUT2D eigenvalue weighted by molar-refractivity contribution is -0.127. The molecule has 124 valence electrons. The SMILES string of the molecule is Cc1ccc(C)c(OCc2ccccc2/C(C#N)=N/OC(F)F)c1. The van der Waals surface area contributed by atoms with Gasteiger partial charge in [-0.05, 0) is 36.6 Å². The number of nitrogens with zero attached hydrogens (tertiary/aromatic N) is 2. The van der Waals surface area contributed by atoms with Crippen molar-refractivity contribution in [2.45, 2.75) is 27.1 Å². The van der Waals surface area contributed by atoms with E-state index in [-0.39, 0.29) is 12.3 Å². The van der Waals surface area contributed by atoms with Gasteiger partial charge in [0.05, 0.1) is 0 Å². The lowest BCUT2D eigenvalue weighted by atomic mass is 10.0. The summed E-state index contributed by atoms with van der Waals surface area (Å²) in [4.78, 5) is 3.89. The molecule has 0 bridgehead atoms. The summed E-state index contributed by atoms with van der Waals surface area (Å²) >= 11 is 0. The Bertz CT molecular complexity index is 783. The van der Waals surface area contributed by atoms with Crippen LogP contribution in [0.2, 0.25) is 0 Å². The van der Waals surface area contributed by atoms with E-state index in [1.807, 2.05) is 32.0 Å². The first-order chi connectivity index (χ1) is 11.5. The number of hydrogen-bond donors (Lipinski definition) is 0. The molecule has 0 aromatic heterocycles. The van der Waals surface area contributed by atoms with E-state index in [1.165, 1.54) is 0 Å². The second kappa shape index (κ2) is 8.06. The number of aryl methyl sites for hydroxylation is 2. The Morgan fingerprint density at radius 2 is 1.96 bits per heavy atom. The molecule has 2 aromatic rings. The summed E-state index contributed by atoms with van der Waals surface area (Å²) in [5, 5.41) is 12.3. The molecule has 0 saturated heterocycles. The Hall–Kier alpha value is -2.94. The van der Waals surface area contributed by atoms with Crippen molar-refractivity contribution in [2.24, 2.45) is 5.16 Å². The Labute approximate surface area is 138 Å². The van der Waals surface area contributed by atoms with Gasteiger partial charge in [0.25, 0.3) is 0 Å². The zero-order valence-electron chi connectivity index (χ0n) is 13.3. The molecule has 24 heavy (non-hydrogen) atoms. The van der Waals surface area contributed by atoms with Gasteiger partial charge in [-0.25, -0.2) is 0 Å². The van der Waals surface area contributed by atoms with Gasteiger partial charge in [0.15, 0.2) is 5.71 Å². The van der Waals surface area contributed by atoms with Crippen LogP contribution in [0.1, 0.15) is 22.3 Å². The van der Waals surface area contributed by atoms with Crippen molar-refractivity contribution in [3.8, 4) is 11.8 Å². The van der Waals surface area contributed by atoms with Gasteiger partial charge in [-0.15, -0.1) is 0 Å². The Kier molecular flexibility index (Phi) is 5.85. The lowest BCUT2D eigenvalue weighted by Gasteiger charge is -2.12. The van der Waals surface area contributed by atoms with E-state index in [2.05, 4.69) is 9.99 Å². The minimum atomic E-state index is -3.08. The second-order valence-corrected chi connectivity index (χ2v) is 5.13. The molecule has 0 N–H and O–H groups in total. The molecule has 0 amide bonds. The first-order valence-corrected chi connectivity index (χ1v) is 7.21. The average Bonchev–Trinajstić information content (AvgIpc) is 2.57. The summed E-state index contributed by atoms with van der Waals surface area (Å²) in [6.45, 7) is 0.990. The number of benzene rings is 2. The predicted octanol–water partition coefficient (Wildman–Crippen LogP) is 4.35. The smallest absolute Gasteiger partial charge is 0.407 e. The molecule has 0 atom stereocenters. The largest absolute Gasteiger partial charge is 0.489 e. The third-order valence-electron chi connectivity index (χ3n) is 3.33. The number of hydrogen-bond acceptors (Lipinski definition) is 4. The van der Waals surface area contributed by atoms with Gasteiger partial charge < -0.3 is 9.57 Å². The molecule has 0 radical (unpaired) electrons. The lowest BCUT2D eigenvalue weighted by Crippen LogP contribution is -2.07. The molecule has 0 fully saturated rings. The van der Waals surface area contributed by atoms with Crippen molar-refractivity contribution in [1.82, 2.24) is 0 Å². The van der Waals surface area contributed by atoms with E-state index < -0.39 is 6.61 Å². The van der Waals surface area contributed by atoms with Crippen LogP contribution in [0.4, 0.5) is 8.78 Å². The van der Waals surface area contributed by atoms with Crippen LogP contribution in [0, 0.1) is 25.2 Å². The maximum absolute atomic E-state index is 12.1. The summed E-state index contributed by atoms with van der Waals surface area (Å²) in [7, 11) is 0. The molecule has 0 aliphatic rings. The van der Waals surface area contributed by atoms with E-state index in [0.717, 1.165) is 16.9 Å². The summed E-state index contributed by atoms with van der Waals surface area (Å²) in [6.07, 6.45) is 0. The summed E-state index contributed by atoms with van der Waals surface area (Å²) in [6, 6.07) is 14.4. The van der Waals surface area contributed by atoms with Crippen LogP contribution in [0.15, 0.2) is 47.6 Å². The molecular weight excluding hydrogens is 314 g/mol. The number of halogens is 2. The topological polar surface area (TPSA) is 54.6 Å². The maximum Gasteiger partial charge on any atom is 0.407 e. The Morgan fingerprint density at radius 1 is 1.21 bits per heavy atom. The molecule has 0 unspecified atom stereocenters. The van der Waals surface area contributed by atoms with Gasteiger partial charge in [-0.2, -0.15) is 14.0 Å². The third kappa shape index (κ3) is 4.53.